The monoisotopic (exact) mass is 308 g/mol. The molecule has 1 aromatic carbocycles. The Morgan fingerprint density at radius 2 is 2.00 bits per heavy atom. The van der Waals surface area contributed by atoms with Gasteiger partial charge in [-0.1, -0.05) is 33.6 Å². The van der Waals surface area contributed by atoms with Gasteiger partial charge in [-0.05, 0) is 19.1 Å². The van der Waals surface area contributed by atoms with Gasteiger partial charge in [-0.15, -0.1) is 0 Å². The molecule has 0 saturated heterocycles. The van der Waals surface area contributed by atoms with E-state index in [2.05, 4.69) is 15.9 Å². The number of aryl methyl sites for hydroxylation is 1. The molecule has 0 aromatic heterocycles. The van der Waals surface area contributed by atoms with E-state index in [0.29, 0.717) is 4.90 Å². The molecule has 5 heteroatoms. The first kappa shape index (κ1) is 13.8. The highest BCUT2D eigenvalue weighted by Gasteiger charge is 2.28. The van der Waals surface area contributed by atoms with Gasteiger partial charge in [-0.25, -0.2) is 4.39 Å². The van der Waals surface area contributed by atoms with Crippen LogP contribution in [0, 0.1) is 6.92 Å². The van der Waals surface area contributed by atoms with Crippen LogP contribution in [0.15, 0.2) is 29.2 Å². The minimum atomic E-state index is -1.55. The van der Waals surface area contributed by atoms with Crippen molar-refractivity contribution in [2.24, 2.45) is 0 Å². The van der Waals surface area contributed by atoms with Gasteiger partial charge in [0.25, 0.3) is 0 Å². The van der Waals surface area contributed by atoms with Crippen LogP contribution in [0.3, 0.4) is 0 Å². The van der Waals surface area contributed by atoms with E-state index >= 15 is 0 Å². The number of alkyl halides is 2. The van der Waals surface area contributed by atoms with E-state index < -0.39 is 23.1 Å². The zero-order valence-electron chi connectivity index (χ0n) is 8.95. The average Bonchev–Trinajstić information content (AvgIpc) is 2.29. The topological polar surface area (TPSA) is 37.3 Å². The molecular weight excluding hydrogens is 295 g/mol. The largest absolute Gasteiger partial charge is 0.385 e. The highest BCUT2D eigenvalue weighted by molar-refractivity contribution is 9.09. The molecule has 0 spiro atoms. The van der Waals surface area contributed by atoms with Crippen LogP contribution < -0.4 is 0 Å². The first-order chi connectivity index (χ1) is 7.50. The Hall–Kier alpha value is -0.260. The number of halogens is 2. The SMILES string of the molecule is Cc1ccc([S@](=O)C[C@@](O)(CF)CBr)cc1. The zero-order valence-corrected chi connectivity index (χ0v) is 11.4. The third-order valence-corrected chi connectivity index (χ3v) is 4.82. The molecule has 1 aromatic rings. The molecule has 0 unspecified atom stereocenters. The molecule has 1 rings (SSSR count). The van der Waals surface area contributed by atoms with Gasteiger partial charge in [-0.3, -0.25) is 4.21 Å². The summed E-state index contributed by atoms with van der Waals surface area (Å²) in [5.74, 6) is -0.0994. The van der Waals surface area contributed by atoms with Crippen LogP contribution in [-0.2, 0) is 10.8 Å². The van der Waals surface area contributed by atoms with E-state index in [1.807, 2.05) is 19.1 Å². The Bertz CT molecular complexity index is 363. The molecule has 2 nitrogen and oxygen atoms in total. The van der Waals surface area contributed by atoms with Gasteiger partial charge in [-0.2, -0.15) is 0 Å². The van der Waals surface area contributed by atoms with Gasteiger partial charge >= 0.3 is 0 Å². The molecule has 0 amide bonds. The molecule has 0 heterocycles. The second-order valence-corrected chi connectivity index (χ2v) is 5.81. The molecule has 1 N–H and O–H groups in total. The molecule has 16 heavy (non-hydrogen) atoms. The average molecular weight is 309 g/mol. The molecule has 0 fully saturated rings. The second kappa shape index (κ2) is 5.89. The van der Waals surface area contributed by atoms with Crippen LogP contribution in [0.25, 0.3) is 0 Å². The number of hydrogen-bond acceptors (Lipinski definition) is 2. The number of aliphatic hydroxyl groups is 1. The summed E-state index contributed by atoms with van der Waals surface area (Å²) < 4.78 is 24.4. The Kier molecular flexibility index (Phi) is 5.08. The third-order valence-electron chi connectivity index (χ3n) is 2.18. The Morgan fingerprint density at radius 3 is 2.44 bits per heavy atom. The lowest BCUT2D eigenvalue weighted by atomic mass is 10.2. The first-order valence-electron chi connectivity index (χ1n) is 4.80. The predicted molar refractivity (Wildman–Crippen MR) is 67.2 cm³/mol. The van der Waals surface area contributed by atoms with Crippen molar-refractivity contribution in [2.75, 3.05) is 17.8 Å². The van der Waals surface area contributed by atoms with Crippen molar-refractivity contribution in [1.29, 1.82) is 0 Å². The van der Waals surface area contributed by atoms with Crippen molar-refractivity contribution < 1.29 is 13.7 Å². The van der Waals surface area contributed by atoms with Crippen LogP contribution in [0.2, 0.25) is 0 Å². The maximum Gasteiger partial charge on any atom is 0.120 e. The van der Waals surface area contributed by atoms with E-state index in [1.165, 1.54) is 0 Å². The van der Waals surface area contributed by atoms with Crippen LogP contribution in [-0.4, -0.2) is 32.7 Å². The maximum atomic E-state index is 12.6. The normalized spacial score (nSPS) is 16.8. The third kappa shape index (κ3) is 3.64. The number of rotatable bonds is 5. The van der Waals surface area contributed by atoms with Gasteiger partial charge in [0, 0.05) is 10.2 Å². The van der Waals surface area contributed by atoms with Gasteiger partial charge in [0.15, 0.2) is 0 Å². The Labute approximate surface area is 105 Å². The standard InChI is InChI=1S/C11H14BrFO2S/c1-9-2-4-10(5-3-9)16(15)8-11(14,6-12)7-13/h2-5,14H,6-8H2,1H3/t11-,16+/m0/s1. The van der Waals surface area contributed by atoms with Crippen LogP contribution in [0.1, 0.15) is 5.56 Å². The zero-order chi connectivity index (χ0) is 12.2. The lowest BCUT2D eigenvalue weighted by Crippen LogP contribution is -2.39. The minimum absolute atomic E-state index is 0.0775. The van der Waals surface area contributed by atoms with E-state index in [0.717, 1.165) is 5.56 Å². The van der Waals surface area contributed by atoms with E-state index in [9.17, 15) is 13.7 Å². The quantitative estimate of drug-likeness (QED) is 0.847. The molecule has 0 aliphatic carbocycles. The fourth-order valence-electron chi connectivity index (χ4n) is 1.13. The maximum absolute atomic E-state index is 12.6. The van der Waals surface area contributed by atoms with Crippen molar-refractivity contribution in [3.05, 3.63) is 29.8 Å². The smallest absolute Gasteiger partial charge is 0.120 e. The second-order valence-electron chi connectivity index (χ2n) is 3.79. The molecule has 0 aliphatic rings. The van der Waals surface area contributed by atoms with Crippen molar-refractivity contribution in [2.45, 2.75) is 17.4 Å². The highest BCUT2D eigenvalue weighted by atomic mass is 79.9. The molecule has 90 valence electrons. The van der Waals surface area contributed by atoms with E-state index in [1.54, 1.807) is 12.1 Å². The molecule has 0 saturated carbocycles. The predicted octanol–water partition coefficient (Wildman–Crippen LogP) is 2.20. The summed E-state index contributed by atoms with van der Waals surface area (Å²) in [6, 6.07) is 7.16. The lowest BCUT2D eigenvalue weighted by molar-refractivity contribution is 0.0620. The van der Waals surface area contributed by atoms with Gasteiger partial charge in [0.1, 0.15) is 12.3 Å². The van der Waals surface area contributed by atoms with Gasteiger partial charge in [0.05, 0.1) is 16.6 Å². The first-order valence-corrected chi connectivity index (χ1v) is 7.24. The molecule has 0 aliphatic heterocycles. The summed E-state index contributed by atoms with van der Waals surface area (Å²) >= 11 is 3.02. The summed E-state index contributed by atoms with van der Waals surface area (Å²) in [7, 11) is -1.38. The summed E-state index contributed by atoms with van der Waals surface area (Å²) in [6.07, 6.45) is 0. The van der Waals surface area contributed by atoms with Gasteiger partial charge in [0.2, 0.25) is 0 Å². The van der Waals surface area contributed by atoms with Gasteiger partial charge < -0.3 is 5.11 Å². The number of hydrogen-bond donors (Lipinski definition) is 1. The Morgan fingerprint density at radius 1 is 1.44 bits per heavy atom. The fourth-order valence-corrected chi connectivity index (χ4v) is 3.01. The fraction of sp³-hybridized carbons (Fsp3) is 0.455. The molecule has 0 radical (unpaired) electrons. The van der Waals surface area contributed by atoms with Crippen LogP contribution >= 0.6 is 15.9 Å². The van der Waals surface area contributed by atoms with Crippen molar-refractivity contribution in [3.63, 3.8) is 0 Å². The Balaban J connectivity index is 2.76. The van der Waals surface area contributed by atoms with Crippen molar-refractivity contribution >= 4 is 26.7 Å². The van der Waals surface area contributed by atoms with E-state index in [-0.39, 0.29) is 11.1 Å². The van der Waals surface area contributed by atoms with Crippen molar-refractivity contribution in [3.8, 4) is 0 Å². The minimum Gasteiger partial charge on any atom is -0.385 e. The molecule has 0 bridgehead atoms. The summed E-state index contributed by atoms with van der Waals surface area (Å²) in [6.45, 7) is 1.03. The highest BCUT2D eigenvalue weighted by Crippen LogP contribution is 2.16. The van der Waals surface area contributed by atoms with E-state index in [4.69, 9.17) is 0 Å². The lowest BCUT2D eigenvalue weighted by Gasteiger charge is -2.21. The summed E-state index contributed by atoms with van der Waals surface area (Å²) in [4.78, 5) is 0.610. The van der Waals surface area contributed by atoms with Crippen LogP contribution in [0.5, 0.6) is 0 Å². The van der Waals surface area contributed by atoms with Crippen molar-refractivity contribution in [1.82, 2.24) is 0 Å². The number of benzene rings is 1. The summed E-state index contributed by atoms with van der Waals surface area (Å²) in [5.41, 5.74) is -0.475. The molecule has 2 atom stereocenters. The molecular formula is C11H14BrFO2S. The van der Waals surface area contributed by atoms with Crippen LogP contribution in [0.4, 0.5) is 4.39 Å². The summed E-state index contributed by atoms with van der Waals surface area (Å²) in [5, 5.41) is 9.78.